The van der Waals surface area contributed by atoms with E-state index >= 15 is 0 Å². The number of Topliss-reactive ketones (excluding diaryl/α,β-unsaturated/α-hetero) is 1. The van der Waals surface area contributed by atoms with Crippen LogP contribution in [0.3, 0.4) is 0 Å². The zero-order valence-corrected chi connectivity index (χ0v) is 11.3. The molecule has 16 heavy (non-hydrogen) atoms. The van der Waals surface area contributed by atoms with Crippen LogP contribution in [-0.2, 0) is 4.79 Å². The van der Waals surface area contributed by atoms with E-state index in [2.05, 4.69) is 26.1 Å². The molecule has 0 fully saturated rings. The van der Waals surface area contributed by atoms with Gasteiger partial charge in [-0.3, -0.25) is 4.79 Å². The number of ketones is 1. The molecule has 3 nitrogen and oxygen atoms in total. The van der Waals surface area contributed by atoms with Gasteiger partial charge in [0.1, 0.15) is 0 Å². The molecule has 0 aliphatic heterocycles. The first-order valence-corrected chi connectivity index (χ1v) is 6.52. The Hall–Kier alpha value is -0.410. The molecule has 0 heterocycles. The SMILES string of the molecule is CCC(C)C(=O)C(CCCCN)NC(C)C. The molecule has 0 spiro atoms. The molecule has 2 unspecified atom stereocenters. The summed E-state index contributed by atoms with van der Waals surface area (Å²) in [7, 11) is 0. The average Bonchev–Trinajstić information content (AvgIpc) is 2.25. The highest BCUT2D eigenvalue weighted by Gasteiger charge is 2.22. The molecule has 0 radical (unpaired) electrons. The molecule has 0 bridgehead atoms. The van der Waals surface area contributed by atoms with Crippen molar-refractivity contribution < 1.29 is 4.79 Å². The van der Waals surface area contributed by atoms with Crippen molar-refractivity contribution in [3.63, 3.8) is 0 Å². The lowest BCUT2D eigenvalue weighted by Crippen LogP contribution is -2.43. The Balaban J connectivity index is 4.23. The molecule has 3 N–H and O–H groups in total. The minimum atomic E-state index is 0.0153. The van der Waals surface area contributed by atoms with E-state index in [9.17, 15) is 4.79 Å². The van der Waals surface area contributed by atoms with Crippen LogP contribution in [0.4, 0.5) is 0 Å². The van der Waals surface area contributed by atoms with Crippen molar-refractivity contribution in [2.45, 2.75) is 65.5 Å². The van der Waals surface area contributed by atoms with E-state index in [1.54, 1.807) is 0 Å². The van der Waals surface area contributed by atoms with Crippen molar-refractivity contribution >= 4 is 5.78 Å². The number of hydrogen-bond acceptors (Lipinski definition) is 3. The number of carbonyl (C=O) groups is 1. The van der Waals surface area contributed by atoms with Crippen LogP contribution < -0.4 is 11.1 Å². The lowest BCUT2D eigenvalue weighted by Gasteiger charge is -2.22. The van der Waals surface area contributed by atoms with E-state index in [-0.39, 0.29) is 12.0 Å². The fraction of sp³-hybridized carbons (Fsp3) is 0.923. The van der Waals surface area contributed by atoms with Gasteiger partial charge < -0.3 is 11.1 Å². The van der Waals surface area contributed by atoms with Gasteiger partial charge in [0.25, 0.3) is 0 Å². The number of unbranched alkanes of at least 4 members (excludes halogenated alkanes) is 1. The molecule has 0 aromatic rings. The Labute approximate surface area is 100 Å². The summed E-state index contributed by atoms with van der Waals surface area (Å²) >= 11 is 0. The van der Waals surface area contributed by atoms with Gasteiger partial charge in [-0.15, -0.1) is 0 Å². The summed E-state index contributed by atoms with van der Waals surface area (Å²) in [5.41, 5.74) is 5.47. The highest BCUT2D eigenvalue weighted by atomic mass is 16.1. The van der Waals surface area contributed by atoms with Gasteiger partial charge in [0.05, 0.1) is 6.04 Å². The van der Waals surface area contributed by atoms with Crippen molar-refractivity contribution in [3.05, 3.63) is 0 Å². The van der Waals surface area contributed by atoms with Crippen LogP contribution in [-0.4, -0.2) is 24.4 Å². The van der Waals surface area contributed by atoms with Gasteiger partial charge in [-0.25, -0.2) is 0 Å². The third-order valence-electron chi connectivity index (χ3n) is 2.92. The third kappa shape index (κ3) is 6.23. The van der Waals surface area contributed by atoms with Gasteiger partial charge >= 0.3 is 0 Å². The standard InChI is InChI=1S/C13H28N2O/c1-5-11(4)13(16)12(15-10(2)3)8-6-7-9-14/h10-12,15H,5-9,14H2,1-4H3. The van der Waals surface area contributed by atoms with Gasteiger partial charge in [-0.2, -0.15) is 0 Å². The normalized spacial score (nSPS) is 15.1. The molecule has 0 amide bonds. The summed E-state index contributed by atoms with van der Waals surface area (Å²) in [6.07, 6.45) is 3.87. The maximum atomic E-state index is 12.1. The lowest BCUT2D eigenvalue weighted by atomic mass is 9.93. The van der Waals surface area contributed by atoms with Crippen molar-refractivity contribution in [3.8, 4) is 0 Å². The molecule has 96 valence electrons. The fourth-order valence-corrected chi connectivity index (χ4v) is 1.75. The summed E-state index contributed by atoms with van der Waals surface area (Å²) in [6.45, 7) is 8.96. The highest BCUT2D eigenvalue weighted by Crippen LogP contribution is 2.11. The van der Waals surface area contributed by atoms with Gasteiger partial charge in [0, 0.05) is 12.0 Å². The summed E-state index contributed by atoms with van der Waals surface area (Å²) < 4.78 is 0. The molecule has 0 aromatic carbocycles. The predicted molar refractivity (Wildman–Crippen MR) is 69.4 cm³/mol. The first-order chi connectivity index (χ1) is 7.52. The van der Waals surface area contributed by atoms with Crippen molar-refractivity contribution in [2.75, 3.05) is 6.54 Å². The monoisotopic (exact) mass is 228 g/mol. The molecule has 0 rings (SSSR count). The Morgan fingerprint density at radius 2 is 1.88 bits per heavy atom. The largest absolute Gasteiger partial charge is 0.330 e. The Kier molecular flexibility index (Phi) is 8.49. The van der Waals surface area contributed by atoms with E-state index in [1.807, 2.05) is 6.92 Å². The van der Waals surface area contributed by atoms with Crippen LogP contribution >= 0.6 is 0 Å². The minimum Gasteiger partial charge on any atom is -0.330 e. The summed E-state index contributed by atoms with van der Waals surface area (Å²) in [5, 5.41) is 3.36. The molecule has 0 saturated carbocycles. The summed E-state index contributed by atoms with van der Waals surface area (Å²) in [5.74, 6) is 0.516. The van der Waals surface area contributed by atoms with Gasteiger partial charge in [-0.05, 0) is 25.8 Å². The van der Waals surface area contributed by atoms with Gasteiger partial charge in [0.2, 0.25) is 0 Å². The van der Waals surface area contributed by atoms with E-state index in [1.165, 1.54) is 0 Å². The molecular formula is C13H28N2O. The molecule has 0 aromatic heterocycles. The molecule has 0 aliphatic carbocycles. The third-order valence-corrected chi connectivity index (χ3v) is 2.92. The second kappa shape index (κ2) is 8.71. The van der Waals surface area contributed by atoms with E-state index in [0.717, 1.165) is 25.7 Å². The topological polar surface area (TPSA) is 55.1 Å². The van der Waals surface area contributed by atoms with Gasteiger partial charge in [-0.1, -0.05) is 34.1 Å². The summed E-state index contributed by atoms with van der Waals surface area (Å²) in [4.78, 5) is 12.1. The van der Waals surface area contributed by atoms with Crippen LogP contribution in [0.25, 0.3) is 0 Å². The second-order valence-electron chi connectivity index (χ2n) is 4.87. The number of hydrogen-bond donors (Lipinski definition) is 2. The minimum absolute atomic E-state index is 0.0153. The number of nitrogens with two attached hydrogens (primary N) is 1. The quantitative estimate of drug-likeness (QED) is 0.594. The van der Waals surface area contributed by atoms with E-state index in [4.69, 9.17) is 5.73 Å². The Morgan fingerprint density at radius 1 is 1.25 bits per heavy atom. The molecule has 0 aliphatic rings. The maximum Gasteiger partial charge on any atom is 0.152 e. The zero-order valence-electron chi connectivity index (χ0n) is 11.3. The molecular weight excluding hydrogens is 200 g/mol. The van der Waals surface area contributed by atoms with Gasteiger partial charge in [0.15, 0.2) is 5.78 Å². The number of rotatable bonds is 9. The summed E-state index contributed by atoms with van der Waals surface area (Å²) in [6, 6.07) is 0.373. The van der Waals surface area contributed by atoms with Crippen molar-refractivity contribution in [1.29, 1.82) is 0 Å². The van der Waals surface area contributed by atoms with Crippen LogP contribution in [0.1, 0.15) is 53.4 Å². The maximum absolute atomic E-state index is 12.1. The molecule has 2 atom stereocenters. The van der Waals surface area contributed by atoms with E-state index in [0.29, 0.717) is 18.4 Å². The van der Waals surface area contributed by atoms with Crippen LogP contribution in [0.15, 0.2) is 0 Å². The van der Waals surface area contributed by atoms with Crippen LogP contribution in [0, 0.1) is 5.92 Å². The lowest BCUT2D eigenvalue weighted by molar-refractivity contribution is -0.124. The fourth-order valence-electron chi connectivity index (χ4n) is 1.75. The second-order valence-corrected chi connectivity index (χ2v) is 4.87. The predicted octanol–water partition coefficient (Wildman–Crippen LogP) is 2.10. The Morgan fingerprint density at radius 3 is 2.31 bits per heavy atom. The highest BCUT2D eigenvalue weighted by molar-refractivity contribution is 5.85. The average molecular weight is 228 g/mol. The number of nitrogens with one attached hydrogen (secondary N) is 1. The van der Waals surface area contributed by atoms with Crippen molar-refractivity contribution in [2.24, 2.45) is 11.7 Å². The zero-order chi connectivity index (χ0) is 12.6. The first-order valence-electron chi connectivity index (χ1n) is 6.52. The Bertz CT molecular complexity index is 192. The van der Waals surface area contributed by atoms with E-state index < -0.39 is 0 Å². The molecule has 3 heteroatoms. The van der Waals surface area contributed by atoms with Crippen LogP contribution in [0.5, 0.6) is 0 Å². The smallest absolute Gasteiger partial charge is 0.152 e. The van der Waals surface area contributed by atoms with Crippen LogP contribution in [0.2, 0.25) is 0 Å². The van der Waals surface area contributed by atoms with Crippen molar-refractivity contribution in [1.82, 2.24) is 5.32 Å². The number of carbonyl (C=O) groups excluding carboxylic acids is 1. The first kappa shape index (κ1) is 15.6. The molecule has 0 saturated heterocycles.